The lowest BCUT2D eigenvalue weighted by atomic mass is 10.1. The Balaban J connectivity index is 1.84. The van der Waals surface area contributed by atoms with Crippen LogP contribution in [0.1, 0.15) is 12.5 Å². The highest BCUT2D eigenvalue weighted by molar-refractivity contribution is 5.69. The van der Waals surface area contributed by atoms with Crippen molar-refractivity contribution in [3.63, 3.8) is 0 Å². The van der Waals surface area contributed by atoms with E-state index in [4.69, 9.17) is 9.84 Å². The summed E-state index contributed by atoms with van der Waals surface area (Å²) in [5, 5.41) is 8.92. The predicted octanol–water partition coefficient (Wildman–Crippen LogP) is 1.74. The fourth-order valence-corrected chi connectivity index (χ4v) is 3.10. The molecular formula is C19H24N4O3. The van der Waals surface area contributed by atoms with Crippen LogP contribution >= 0.6 is 0 Å². The molecule has 1 fully saturated rings. The van der Waals surface area contributed by atoms with Crippen molar-refractivity contribution in [1.29, 1.82) is 0 Å². The summed E-state index contributed by atoms with van der Waals surface area (Å²) in [6, 6.07) is 6.21. The van der Waals surface area contributed by atoms with Crippen molar-refractivity contribution in [2.75, 3.05) is 33.3 Å². The topological polar surface area (TPSA) is 78.8 Å². The molecule has 1 aromatic carbocycles. The second-order valence-corrected chi connectivity index (χ2v) is 6.66. The predicted molar refractivity (Wildman–Crippen MR) is 98.0 cm³/mol. The van der Waals surface area contributed by atoms with Crippen LogP contribution in [-0.4, -0.2) is 70.2 Å². The molecule has 3 rings (SSSR count). The van der Waals surface area contributed by atoms with Crippen molar-refractivity contribution in [3.05, 3.63) is 42.4 Å². The smallest absolute Gasteiger partial charge is 0.341 e. The van der Waals surface area contributed by atoms with E-state index in [1.54, 1.807) is 18.6 Å². The van der Waals surface area contributed by atoms with E-state index in [0.717, 1.165) is 36.5 Å². The van der Waals surface area contributed by atoms with Crippen LogP contribution in [0.15, 0.2) is 36.8 Å². The molecule has 1 N–H and O–H groups in total. The van der Waals surface area contributed by atoms with Crippen LogP contribution in [0.3, 0.4) is 0 Å². The number of aromatic nitrogens is 2. The van der Waals surface area contributed by atoms with Gasteiger partial charge < -0.3 is 14.7 Å². The third-order valence-corrected chi connectivity index (χ3v) is 4.71. The summed E-state index contributed by atoms with van der Waals surface area (Å²) in [7, 11) is 2.14. The second-order valence-electron chi connectivity index (χ2n) is 6.66. The molecule has 1 saturated heterocycles. The molecule has 0 saturated carbocycles. The number of aliphatic carboxylic acids is 1. The van der Waals surface area contributed by atoms with Crippen molar-refractivity contribution in [2.24, 2.45) is 0 Å². The lowest BCUT2D eigenvalue weighted by Crippen LogP contribution is -2.49. The molecule has 0 spiro atoms. The van der Waals surface area contributed by atoms with Crippen molar-refractivity contribution in [1.82, 2.24) is 19.8 Å². The van der Waals surface area contributed by atoms with Crippen molar-refractivity contribution >= 4 is 5.97 Å². The molecule has 1 aliphatic rings. The van der Waals surface area contributed by atoms with Gasteiger partial charge in [0.2, 0.25) is 0 Å². The maximum atomic E-state index is 10.9. The molecule has 7 nitrogen and oxygen atoms in total. The number of likely N-dealkylation sites (N-methyl/N-ethyl adjacent to an activating group) is 1. The molecule has 0 bridgehead atoms. The second kappa shape index (κ2) is 8.25. The Labute approximate surface area is 153 Å². The van der Waals surface area contributed by atoms with Gasteiger partial charge in [-0.3, -0.25) is 14.9 Å². The minimum absolute atomic E-state index is 0.351. The van der Waals surface area contributed by atoms with Crippen molar-refractivity contribution < 1.29 is 14.6 Å². The standard InChI is InChI=1S/C19H24N4O3/c1-14-11-23(8-7-22(14)2)12-16-9-15(17-10-20-5-6-21-17)3-4-18(16)26-13-19(24)25/h3-6,9-10,14H,7-8,11-13H2,1-2H3,(H,24,25). The van der Waals surface area contributed by atoms with E-state index in [2.05, 4.69) is 33.7 Å². The number of piperazine rings is 1. The van der Waals surface area contributed by atoms with E-state index in [-0.39, 0.29) is 6.61 Å². The van der Waals surface area contributed by atoms with E-state index >= 15 is 0 Å². The van der Waals surface area contributed by atoms with Gasteiger partial charge in [0.15, 0.2) is 6.61 Å². The number of hydrogen-bond donors (Lipinski definition) is 1. The SMILES string of the molecule is CC1CN(Cc2cc(-c3cnccn3)ccc2OCC(=O)O)CCN1C. The van der Waals surface area contributed by atoms with Gasteiger partial charge in [-0.25, -0.2) is 4.79 Å². The number of rotatable bonds is 6. The van der Waals surface area contributed by atoms with Crippen molar-refractivity contribution in [2.45, 2.75) is 19.5 Å². The van der Waals surface area contributed by atoms with Gasteiger partial charge in [-0.1, -0.05) is 0 Å². The highest BCUT2D eigenvalue weighted by Crippen LogP contribution is 2.27. The van der Waals surface area contributed by atoms with E-state index in [1.165, 1.54) is 0 Å². The van der Waals surface area contributed by atoms with E-state index in [1.807, 2.05) is 18.2 Å². The Kier molecular flexibility index (Phi) is 5.80. The quantitative estimate of drug-likeness (QED) is 0.844. The van der Waals surface area contributed by atoms with Crippen LogP contribution in [0.2, 0.25) is 0 Å². The summed E-state index contributed by atoms with van der Waals surface area (Å²) in [5.41, 5.74) is 2.69. The Bertz CT molecular complexity index is 754. The molecule has 1 atom stereocenters. The first kappa shape index (κ1) is 18.3. The summed E-state index contributed by atoms with van der Waals surface area (Å²) in [6.45, 7) is 5.51. The Morgan fingerprint density at radius 3 is 2.88 bits per heavy atom. The first-order chi connectivity index (χ1) is 12.5. The van der Waals surface area contributed by atoms with E-state index < -0.39 is 5.97 Å². The zero-order valence-corrected chi connectivity index (χ0v) is 15.1. The van der Waals surface area contributed by atoms with Gasteiger partial charge in [-0.05, 0) is 32.2 Å². The summed E-state index contributed by atoms with van der Waals surface area (Å²) in [6.07, 6.45) is 5.02. The van der Waals surface area contributed by atoms with Crippen molar-refractivity contribution in [3.8, 4) is 17.0 Å². The van der Waals surface area contributed by atoms with Crippen LogP contribution in [0.25, 0.3) is 11.3 Å². The Hall–Kier alpha value is -2.51. The maximum absolute atomic E-state index is 10.9. The number of carboxylic acids is 1. The van der Waals surface area contributed by atoms with Crippen LogP contribution in [0, 0.1) is 0 Å². The molecule has 0 radical (unpaired) electrons. The zero-order valence-electron chi connectivity index (χ0n) is 15.1. The molecule has 2 aromatic rings. The fourth-order valence-electron chi connectivity index (χ4n) is 3.10. The van der Waals surface area contributed by atoms with Gasteiger partial charge in [0.05, 0.1) is 11.9 Å². The van der Waals surface area contributed by atoms with Gasteiger partial charge >= 0.3 is 5.97 Å². The molecular weight excluding hydrogens is 332 g/mol. The first-order valence-electron chi connectivity index (χ1n) is 8.69. The summed E-state index contributed by atoms with van der Waals surface area (Å²) >= 11 is 0. The van der Waals surface area contributed by atoms with Crippen LogP contribution in [0.5, 0.6) is 5.75 Å². The highest BCUT2D eigenvalue weighted by Gasteiger charge is 2.22. The lowest BCUT2D eigenvalue weighted by Gasteiger charge is -2.37. The number of benzene rings is 1. The van der Waals surface area contributed by atoms with Crippen LogP contribution < -0.4 is 4.74 Å². The van der Waals surface area contributed by atoms with E-state index in [9.17, 15) is 4.79 Å². The van der Waals surface area contributed by atoms with Gasteiger partial charge in [-0.15, -0.1) is 0 Å². The number of carbonyl (C=O) groups is 1. The normalized spacial score (nSPS) is 18.6. The summed E-state index contributed by atoms with van der Waals surface area (Å²) < 4.78 is 5.51. The maximum Gasteiger partial charge on any atom is 0.341 e. The van der Waals surface area contributed by atoms with E-state index in [0.29, 0.717) is 18.3 Å². The number of hydrogen-bond acceptors (Lipinski definition) is 6. The fraction of sp³-hybridized carbons (Fsp3) is 0.421. The Morgan fingerprint density at radius 2 is 2.19 bits per heavy atom. The molecule has 2 heterocycles. The summed E-state index contributed by atoms with van der Waals surface area (Å²) in [4.78, 5) is 24.1. The monoisotopic (exact) mass is 356 g/mol. The molecule has 7 heteroatoms. The van der Waals surface area contributed by atoms with Crippen LogP contribution in [-0.2, 0) is 11.3 Å². The third kappa shape index (κ3) is 4.56. The van der Waals surface area contributed by atoms with Gasteiger partial charge in [0.25, 0.3) is 0 Å². The number of ether oxygens (including phenoxy) is 1. The molecule has 1 unspecified atom stereocenters. The lowest BCUT2D eigenvalue weighted by molar-refractivity contribution is -0.139. The molecule has 0 aliphatic carbocycles. The molecule has 1 aliphatic heterocycles. The molecule has 1 aromatic heterocycles. The minimum atomic E-state index is -0.984. The Morgan fingerprint density at radius 1 is 1.35 bits per heavy atom. The van der Waals surface area contributed by atoms with Gasteiger partial charge in [0.1, 0.15) is 5.75 Å². The third-order valence-electron chi connectivity index (χ3n) is 4.71. The first-order valence-corrected chi connectivity index (χ1v) is 8.69. The van der Waals surface area contributed by atoms with Crippen LogP contribution in [0.4, 0.5) is 0 Å². The zero-order chi connectivity index (χ0) is 18.5. The number of nitrogens with zero attached hydrogens (tertiary/aromatic N) is 4. The van der Waals surface area contributed by atoms with Gasteiger partial charge in [-0.2, -0.15) is 0 Å². The average molecular weight is 356 g/mol. The minimum Gasteiger partial charge on any atom is -0.482 e. The molecule has 138 valence electrons. The largest absolute Gasteiger partial charge is 0.482 e. The summed E-state index contributed by atoms with van der Waals surface area (Å²) in [5.74, 6) is -0.381. The van der Waals surface area contributed by atoms with Gasteiger partial charge in [0, 0.05) is 55.7 Å². The highest BCUT2D eigenvalue weighted by atomic mass is 16.5. The average Bonchev–Trinajstić information content (AvgIpc) is 2.64. The molecule has 26 heavy (non-hydrogen) atoms. The molecule has 0 amide bonds. The number of carboxylic acid groups (broad SMARTS) is 1.